The number of nitrogens with one attached hydrogen (secondary N) is 1. The summed E-state index contributed by atoms with van der Waals surface area (Å²) in [6.45, 7) is 4.43. The normalized spacial score (nSPS) is 20.4. The molecular weight excluding hydrogens is 304 g/mol. The predicted molar refractivity (Wildman–Crippen MR) is 72.5 cm³/mol. The fourth-order valence-corrected chi connectivity index (χ4v) is 2.54. The van der Waals surface area contributed by atoms with Gasteiger partial charge in [0.15, 0.2) is 0 Å². The summed E-state index contributed by atoms with van der Waals surface area (Å²) in [7, 11) is 0. The van der Waals surface area contributed by atoms with Crippen LogP contribution in [0.4, 0.5) is 0 Å². The third-order valence-electron chi connectivity index (χ3n) is 2.94. The van der Waals surface area contributed by atoms with E-state index in [0.717, 1.165) is 24.1 Å². The minimum Gasteiger partial charge on any atom is -0.333 e. The summed E-state index contributed by atoms with van der Waals surface area (Å²) in [6.07, 6.45) is 0. The summed E-state index contributed by atoms with van der Waals surface area (Å²) in [6, 6.07) is 5.63. The lowest BCUT2D eigenvalue weighted by atomic mass is 10.1. The Hall–Kier alpha value is -0.580. The molecule has 1 saturated heterocycles. The molecule has 1 atom stereocenters. The monoisotopic (exact) mass is 316 g/mol. The fraction of sp³-hybridized carbons (Fsp3) is 0.417. The Morgan fingerprint density at radius 1 is 1.59 bits per heavy atom. The zero-order valence-electron chi connectivity index (χ0n) is 9.54. The van der Waals surface area contributed by atoms with Gasteiger partial charge in [0.2, 0.25) is 0 Å². The van der Waals surface area contributed by atoms with Crippen molar-refractivity contribution in [2.24, 2.45) is 0 Å². The SMILES string of the molecule is C[C@@H]1CNCCN1C(=O)c1cccc(Br)c1Cl. The van der Waals surface area contributed by atoms with Crippen LogP contribution in [0.15, 0.2) is 22.7 Å². The van der Waals surface area contributed by atoms with Gasteiger partial charge in [-0.05, 0) is 35.0 Å². The van der Waals surface area contributed by atoms with Gasteiger partial charge in [0.25, 0.3) is 5.91 Å². The van der Waals surface area contributed by atoms with Crippen LogP contribution in [0.1, 0.15) is 17.3 Å². The summed E-state index contributed by atoms with van der Waals surface area (Å²) in [4.78, 5) is 14.2. The molecule has 1 aromatic rings. The third kappa shape index (κ3) is 2.64. The number of carbonyl (C=O) groups is 1. The lowest BCUT2D eigenvalue weighted by Crippen LogP contribution is -2.52. The first-order chi connectivity index (χ1) is 8.11. The maximum atomic E-state index is 12.4. The number of nitrogens with zero attached hydrogens (tertiary/aromatic N) is 1. The molecular formula is C12H14BrClN2O. The molecule has 1 amide bonds. The summed E-state index contributed by atoms with van der Waals surface area (Å²) in [5.41, 5.74) is 0.565. The number of amides is 1. The molecule has 1 fully saturated rings. The Morgan fingerprint density at radius 2 is 2.35 bits per heavy atom. The number of rotatable bonds is 1. The molecule has 0 saturated carbocycles. The van der Waals surface area contributed by atoms with E-state index in [4.69, 9.17) is 11.6 Å². The Bertz CT molecular complexity index is 439. The maximum absolute atomic E-state index is 12.4. The molecule has 1 heterocycles. The molecule has 0 radical (unpaired) electrons. The van der Waals surface area contributed by atoms with Crippen LogP contribution < -0.4 is 5.32 Å². The second-order valence-electron chi connectivity index (χ2n) is 4.15. The molecule has 1 N–H and O–H groups in total. The minimum absolute atomic E-state index is 0.00491. The van der Waals surface area contributed by atoms with Crippen molar-refractivity contribution in [3.63, 3.8) is 0 Å². The van der Waals surface area contributed by atoms with Gasteiger partial charge in [-0.25, -0.2) is 0 Å². The van der Waals surface area contributed by atoms with E-state index in [1.54, 1.807) is 6.07 Å². The maximum Gasteiger partial charge on any atom is 0.255 e. The Kier molecular flexibility index (Phi) is 4.07. The molecule has 0 aliphatic carbocycles. The molecule has 5 heteroatoms. The van der Waals surface area contributed by atoms with Crippen molar-refractivity contribution in [1.29, 1.82) is 0 Å². The first-order valence-corrected chi connectivity index (χ1v) is 6.74. The van der Waals surface area contributed by atoms with Crippen molar-refractivity contribution in [2.75, 3.05) is 19.6 Å². The van der Waals surface area contributed by atoms with Crippen LogP contribution in [-0.4, -0.2) is 36.5 Å². The van der Waals surface area contributed by atoms with E-state index in [1.807, 2.05) is 24.0 Å². The average Bonchev–Trinajstić information content (AvgIpc) is 2.32. The minimum atomic E-state index is 0.00491. The van der Waals surface area contributed by atoms with Gasteiger partial charge in [-0.3, -0.25) is 4.79 Å². The average molecular weight is 318 g/mol. The van der Waals surface area contributed by atoms with Gasteiger partial charge >= 0.3 is 0 Å². The largest absolute Gasteiger partial charge is 0.333 e. The standard InChI is InChI=1S/C12H14BrClN2O/c1-8-7-15-5-6-16(8)12(17)9-3-2-4-10(13)11(9)14/h2-4,8,15H,5-7H2,1H3/t8-/m1/s1. The van der Waals surface area contributed by atoms with E-state index in [1.165, 1.54) is 0 Å². The Labute approximate surface area is 114 Å². The van der Waals surface area contributed by atoms with Crippen LogP contribution in [-0.2, 0) is 0 Å². The first kappa shape index (κ1) is 12.9. The quantitative estimate of drug-likeness (QED) is 0.863. The van der Waals surface area contributed by atoms with E-state index in [9.17, 15) is 4.79 Å². The molecule has 92 valence electrons. The van der Waals surface area contributed by atoms with Crippen molar-refractivity contribution >= 4 is 33.4 Å². The smallest absolute Gasteiger partial charge is 0.255 e. The highest BCUT2D eigenvalue weighted by Crippen LogP contribution is 2.27. The number of carbonyl (C=O) groups excluding carboxylic acids is 1. The predicted octanol–water partition coefficient (Wildman–Crippen LogP) is 2.54. The molecule has 3 nitrogen and oxygen atoms in total. The molecule has 0 unspecified atom stereocenters. The van der Waals surface area contributed by atoms with E-state index < -0.39 is 0 Å². The van der Waals surface area contributed by atoms with E-state index in [2.05, 4.69) is 21.2 Å². The van der Waals surface area contributed by atoms with E-state index in [-0.39, 0.29) is 11.9 Å². The van der Waals surface area contributed by atoms with Gasteiger partial charge in [0, 0.05) is 30.1 Å². The van der Waals surface area contributed by atoms with Gasteiger partial charge in [-0.1, -0.05) is 17.7 Å². The molecule has 2 rings (SSSR count). The van der Waals surface area contributed by atoms with Crippen LogP contribution in [0.2, 0.25) is 5.02 Å². The van der Waals surface area contributed by atoms with Crippen molar-refractivity contribution < 1.29 is 4.79 Å². The number of hydrogen-bond acceptors (Lipinski definition) is 2. The van der Waals surface area contributed by atoms with Gasteiger partial charge in [-0.2, -0.15) is 0 Å². The Balaban J connectivity index is 2.27. The summed E-state index contributed by atoms with van der Waals surface area (Å²) in [5, 5.41) is 3.75. The van der Waals surface area contributed by atoms with Crippen molar-refractivity contribution in [2.45, 2.75) is 13.0 Å². The third-order valence-corrected chi connectivity index (χ3v) is 4.24. The van der Waals surface area contributed by atoms with Crippen LogP contribution in [0.25, 0.3) is 0 Å². The summed E-state index contributed by atoms with van der Waals surface area (Å²) >= 11 is 9.48. The number of halogens is 2. The molecule has 1 aliphatic heterocycles. The first-order valence-electron chi connectivity index (χ1n) is 5.57. The zero-order valence-corrected chi connectivity index (χ0v) is 11.9. The highest BCUT2D eigenvalue weighted by atomic mass is 79.9. The van der Waals surface area contributed by atoms with Gasteiger partial charge in [-0.15, -0.1) is 0 Å². The molecule has 1 aromatic carbocycles. The van der Waals surface area contributed by atoms with Gasteiger partial charge in [0.05, 0.1) is 10.6 Å². The summed E-state index contributed by atoms with van der Waals surface area (Å²) in [5.74, 6) is 0.00491. The number of benzene rings is 1. The highest BCUT2D eigenvalue weighted by Gasteiger charge is 2.25. The topological polar surface area (TPSA) is 32.3 Å². The van der Waals surface area contributed by atoms with Crippen molar-refractivity contribution in [3.05, 3.63) is 33.3 Å². The number of hydrogen-bond donors (Lipinski definition) is 1. The second kappa shape index (κ2) is 5.38. The molecule has 0 bridgehead atoms. The van der Waals surface area contributed by atoms with Crippen LogP contribution in [0, 0.1) is 0 Å². The van der Waals surface area contributed by atoms with Crippen molar-refractivity contribution in [3.8, 4) is 0 Å². The van der Waals surface area contributed by atoms with Crippen LogP contribution >= 0.6 is 27.5 Å². The molecule has 0 aromatic heterocycles. The zero-order chi connectivity index (χ0) is 12.4. The fourth-order valence-electron chi connectivity index (χ4n) is 1.97. The summed E-state index contributed by atoms with van der Waals surface area (Å²) < 4.78 is 0.757. The van der Waals surface area contributed by atoms with Crippen molar-refractivity contribution in [1.82, 2.24) is 10.2 Å². The lowest BCUT2D eigenvalue weighted by molar-refractivity contribution is 0.0656. The van der Waals surface area contributed by atoms with E-state index in [0.29, 0.717) is 10.6 Å². The molecule has 0 spiro atoms. The molecule has 17 heavy (non-hydrogen) atoms. The van der Waals surface area contributed by atoms with Crippen LogP contribution in [0.5, 0.6) is 0 Å². The lowest BCUT2D eigenvalue weighted by Gasteiger charge is -2.34. The molecule has 1 aliphatic rings. The van der Waals surface area contributed by atoms with Gasteiger partial charge in [0.1, 0.15) is 0 Å². The van der Waals surface area contributed by atoms with Gasteiger partial charge < -0.3 is 10.2 Å². The number of piperazine rings is 1. The van der Waals surface area contributed by atoms with E-state index >= 15 is 0 Å². The Morgan fingerprint density at radius 3 is 3.06 bits per heavy atom. The second-order valence-corrected chi connectivity index (χ2v) is 5.39. The van der Waals surface area contributed by atoms with Crippen LogP contribution in [0.3, 0.4) is 0 Å². The highest BCUT2D eigenvalue weighted by molar-refractivity contribution is 9.10.